The minimum atomic E-state index is -1.11. The van der Waals surface area contributed by atoms with Gasteiger partial charge in [-0.1, -0.05) is 6.92 Å². The third kappa shape index (κ3) is 2.14. The Morgan fingerprint density at radius 1 is 1.28 bits per heavy atom. The van der Waals surface area contributed by atoms with E-state index in [2.05, 4.69) is 0 Å². The van der Waals surface area contributed by atoms with Gasteiger partial charge in [0.15, 0.2) is 5.78 Å². The monoisotopic (exact) mass is 246 g/mol. The molecule has 0 aliphatic heterocycles. The molecule has 4 nitrogen and oxygen atoms in total. The van der Waals surface area contributed by atoms with Gasteiger partial charge >= 0.3 is 5.97 Å². The van der Waals surface area contributed by atoms with Crippen molar-refractivity contribution in [2.24, 2.45) is 0 Å². The van der Waals surface area contributed by atoms with Gasteiger partial charge in [0, 0.05) is 17.4 Å². The zero-order valence-corrected chi connectivity index (χ0v) is 10.3. The minimum absolute atomic E-state index is 0.0787. The van der Waals surface area contributed by atoms with Crippen LogP contribution in [0.25, 0.3) is 11.0 Å². The lowest BCUT2D eigenvalue weighted by Crippen LogP contribution is -2.00. The van der Waals surface area contributed by atoms with Crippen molar-refractivity contribution in [1.82, 2.24) is 0 Å². The van der Waals surface area contributed by atoms with Crippen molar-refractivity contribution < 1.29 is 19.1 Å². The normalized spacial score (nSPS) is 10.8. The van der Waals surface area contributed by atoms with Crippen LogP contribution in [0.2, 0.25) is 0 Å². The molecule has 4 heteroatoms. The molecule has 2 rings (SSSR count). The molecule has 0 amide bonds. The van der Waals surface area contributed by atoms with Gasteiger partial charge in [0.1, 0.15) is 5.58 Å². The lowest BCUT2D eigenvalue weighted by Gasteiger charge is -2.03. The van der Waals surface area contributed by atoms with Crippen molar-refractivity contribution in [2.45, 2.75) is 26.7 Å². The summed E-state index contributed by atoms with van der Waals surface area (Å²) in [6, 6.07) is 4.86. The number of rotatable bonds is 4. The first-order valence-corrected chi connectivity index (χ1v) is 5.83. The minimum Gasteiger partial charge on any atom is -0.475 e. The maximum absolute atomic E-state index is 11.9. The summed E-state index contributed by atoms with van der Waals surface area (Å²) in [5.41, 5.74) is 1.95. The summed E-state index contributed by atoms with van der Waals surface area (Å²) in [5.74, 6) is -1.13. The summed E-state index contributed by atoms with van der Waals surface area (Å²) >= 11 is 0. The first kappa shape index (κ1) is 12.4. The number of aromatic carboxylic acids is 1. The topological polar surface area (TPSA) is 67.5 Å². The summed E-state index contributed by atoms with van der Waals surface area (Å²) in [4.78, 5) is 22.7. The predicted molar refractivity (Wildman–Crippen MR) is 67.1 cm³/mol. The molecule has 0 spiro atoms. The van der Waals surface area contributed by atoms with E-state index in [9.17, 15) is 9.59 Å². The van der Waals surface area contributed by atoms with Crippen molar-refractivity contribution in [1.29, 1.82) is 0 Å². The molecule has 0 aliphatic carbocycles. The highest BCUT2D eigenvalue weighted by atomic mass is 16.4. The predicted octanol–water partition coefficient (Wildman–Crippen LogP) is 3.42. The van der Waals surface area contributed by atoms with E-state index < -0.39 is 5.97 Å². The lowest BCUT2D eigenvalue weighted by atomic mass is 10.00. The fourth-order valence-corrected chi connectivity index (χ4v) is 1.96. The highest BCUT2D eigenvalue weighted by molar-refractivity contribution is 6.01. The summed E-state index contributed by atoms with van der Waals surface area (Å²) in [6.45, 7) is 3.78. The number of carboxylic acids is 1. The van der Waals surface area contributed by atoms with E-state index in [1.54, 1.807) is 12.1 Å². The fraction of sp³-hybridized carbons (Fsp3) is 0.286. The molecule has 0 aliphatic rings. The van der Waals surface area contributed by atoms with Gasteiger partial charge in [-0.25, -0.2) is 4.79 Å². The highest BCUT2D eigenvalue weighted by Gasteiger charge is 2.14. The van der Waals surface area contributed by atoms with Gasteiger partial charge < -0.3 is 9.52 Å². The number of benzene rings is 1. The first-order valence-electron chi connectivity index (χ1n) is 5.83. The van der Waals surface area contributed by atoms with Crippen LogP contribution in [0.1, 0.15) is 46.2 Å². The molecule has 2 aromatic rings. The molecule has 0 atom stereocenters. The first-order chi connectivity index (χ1) is 8.52. The van der Waals surface area contributed by atoms with E-state index in [0.29, 0.717) is 23.0 Å². The lowest BCUT2D eigenvalue weighted by molar-refractivity contribution is 0.0664. The van der Waals surface area contributed by atoms with E-state index in [4.69, 9.17) is 9.52 Å². The number of aryl methyl sites for hydroxylation is 1. The number of carbonyl (C=O) groups is 2. The van der Waals surface area contributed by atoms with E-state index in [0.717, 1.165) is 12.0 Å². The Hall–Kier alpha value is -2.10. The second kappa shape index (κ2) is 4.64. The standard InChI is InChI=1S/C14H14O4/c1-3-4-11(15)10-6-9-7-13(14(16)17)18-12(9)5-8(10)2/h5-7H,3-4H2,1-2H3,(H,16,17). The maximum atomic E-state index is 11.9. The molecule has 0 saturated carbocycles. The van der Waals surface area contributed by atoms with Crippen molar-refractivity contribution in [2.75, 3.05) is 0 Å². The summed E-state index contributed by atoms with van der Waals surface area (Å²) in [7, 11) is 0. The summed E-state index contributed by atoms with van der Waals surface area (Å²) in [5, 5.41) is 9.51. The van der Waals surface area contributed by atoms with Gasteiger partial charge in [0.05, 0.1) is 0 Å². The molecule has 0 fully saturated rings. The van der Waals surface area contributed by atoms with Crippen molar-refractivity contribution in [3.05, 3.63) is 35.1 Å². The molecule has 0 saturated heterocycles. The molecule has 1 aromatic heterocycles. The molecular weight excluding hydrogens is 232 g/mol. The number of hydrogen-bond donors (Lipinski definition) is 1. The second-order valence-electron chi connectivity index (χ2n) is 4.29. The van der Waals surface area contributed by atoms with Crippen molar-refractivity contribution >= 4 is 22.7 Å². The quantitative estimate of drug-likeness (QED) is 0.839. The second-order valence-corrected chi connectivity index (χ2v) is 4.29. The average molecular weight is 246 g/mol. The van der Waals surface area contributed by atoms with Crippen LogP contribution < -0.4 is 0 Å². The zero-order valence-electron chi connectivity index (χ0n) is 10.3. The zero-order chi connectivity index (χ0) is 13.3. The van der Waals surface area contributed by atoms with Crippen LogP contribution in [0.15, 0.2) is 22.6 Å². The van der Waals surface area contributed by atoms with E-state index in [1.807, 2.05) is 13.8 Å². The summed E-state index contributed by atoms with van der Waals surface area (Å²) in [6.07, 6.45) is 1.29. The van der Waals surface area contributed by atoms with Crippen LogP contribution in [0.3, 0.4) is 0 Å². The highest BCUT2D eigenvalue weighted by Crippen LogP contribution is 2.24. The molecule has 0 bridgehead atoms. The molecule has 94 valence electrons. The molecule has 0 unspecified atom stereocenters. The van der Waals surface area contributed by atoms with Gasteiger partial charge in [-0.3, -0.25) is 4.79 Å². The van der Waals surface area contributed by atoms with E-state index >= 15 is 0 Å². The van der Waals surface area contributed by atoms with Gasteiger partial charge in [0.2, 0.25) is 5.76 Å². The number of fused-ring (bicyclic) bond motifs is 1. The van der Waals surface area contributed by atoms with Crippen LogP contribution in [0.4, 0.5) is 0 Å². The van der Waals surface area contributed by atoms with Crippen molar-refractivity contribution in [3.63, 3.8) is 0 Å². The van der Waals surface area contributed by atoms with Crippen LogP contribution in [-0.2, 0) is 0 Å². The van der Waals surface area contributed by atoms with Crippen LogP contribution in [0.5, 0.6) is 0 Å². The summed E-state index contributed by atoms with van der Waals surface area (Å²) < 4.78 is 5.19. The third-order valence-electron chi connectivity index (χ3n) is 2.85. The maximum Gasteiger partial charge on any atom is 0.371 e. The van der Waals surface area contributed by atoms with E-state index in [1.165, 1.54) is 6.07 Å². The van der Waals surface area contributed by atoms with Gasteiger partial charge in [0.25, 0.3) is 0 Å². The smallest absolute Gasteiger partial charge is 0.371 e. The van der Waals surface area contributed by atoms with Gasteiger partial charge in [-0.2, -0.15) is 0 Å². The Labute approximate surface area is 104 Å². The third-order valence-corrected chi connectivity index (χ3v) is 2.85. The molecule has 18 heavy (non-hydrogen) atoms. The average Bonchev–Trinajstić information content (AvgIpc) is 2.71. The Morgan fingerprint density at radius 3 is 2.61 bits per heavy atom. The van der Waals surface area contributed by atoms with Gasteiger partial charge in [-0.15, -0.1) is 0 Å². The van der Waals surface area contributed by atoms with Gasteiger partial charge in [-0.05, 0) is 37.1 Å². The Balaban J connectivity index is 2.53. The molecule has 1 N–H and O–H groups in total. The van der Waals surface area contributed by atoms with Crippen LogP contribution in [-0.4, -0.2) is 16.9 Å². The van der Waals surface area contributed by atoms with Crippen LogP contribution >= 0.6 is 0 Å². The molecule has 1 aromatic carbocycles. The fourth-order valence-electron chi connectivity index (χ4n) is 1.96. The number of carboxylic acid groups (broad SMARTS) is 1. The largest absolute Gasteiger partial charge is 0.475 e. The number of ketones is 1. The molecule has 0 radical (unpaired) electrons. The number of hydrogen-bond acceptors (Lipinski definition) is 3. The number of Topliss-reactive ketones (excluding diaryl/α,β-unsaturated/α-hetero) is 1. The van der Waals surface area contributed by atoms with E-state index in [-0.39, 0.29) is 11.5 Å². The Bertz CT molecular complexity index is 622. The number of carbonyl (C=O) groups excluding carboxylic acids is 1. The van der Waals surface area contributed by atoms with Crippen molar-refractivity contribution in [3.8, 4) is 0 Å². The molecule has 1 heterocycles. The number of furan rings is 1. The molecular formula is C14H14O4. The SMILES string of the molecule is CCCC(=O)c1cc2cc(C(=O)O)oc2cc1C. The Morgan fingerprint density at radius 2 is 2.00 bits per heavy atom. The Kier molecular flexibility index (Phi) is 3.19. The van der Waals surface area contributed by atoms with Crippen LogP contribution in [0, 0.1) is 6.92 Å².